The maximum Gasteiger partial charge on any atom is 0.0951 e. The van der Waals surface area contributed by atoms with Crippen molar-refractivity contribution in [1.82, 2.24) is 14.9 Å². The fourth-order valence-electron chi connectivity index (χ4n) is 1.74. The Hall–Kier alpha value is -1.13. The summed E-state index contributed by atoms with van der Waals surface area (Å²) in [6, 6.07) is 8.31. The second-order valence-electron chi connectivity index (χ2n) is 3.83. The number of hydrogen-bond donors (Lipinski definition) is 1. The van der Waals surface area contributed by atoms with Crippen molar-refractivity contribution in [3.05, 3.63) is 41.3 Å². The van der Waals surface area contributed by atoms with Gasteiger partial charge in [-0.05, 0) is 24.2 Å². The van der Waals surface area contributed by atoms with Crippen LogP contribution in [0.3, 0.4) is 0 Å². The Labute approximate surface area is 110 Å². The minimum absolute atomic E-state index is 0.944. The van der Waals surface area contributed by atoms with Crippen LogP contribution in [-0.2, 0) is 6.54 Å². The molecule has 0 aliphatic rings. The number of nitrogens with one attached hydrogen (secondary N) is 1. The summed E-state index contributed by atoms with van der Waals surface area (Å²) in [6.45, 7) is 5.03. The summed E-state index contributed by atoms with van der Waals surface area (Å²) in [5, 5.41) is 3.32. The van der Waals surface area contributed by atoms with Crippen LogP contribution >= 0.6 is 15.9 Å². The normalized spacial score (nSPS) is 10.7. The Kier molecular flexibility index (Phi) is 4.34. The summed E-state index contributed by atoms with van der Waals surface area (Å²) in [5.41, 5.74) is 2.36. The largest absolute Gasteiger partial charge is 0.329 e. The Morgan fingerprint density at radius 1 is 1.29 bits per heavy atom. The van der Waals surface area contributed by atoms with E-state index in [1.165, 1.54) is 5.56 Å². The third-order valence-electron chi connectivity index (χ3n) is 2.63. The highest BCUT2D eigenvalue weighted by molar-refractivity contribution is 9.10. The number of likely N-dealkylation sites (N-methyl/N-ethyl adjacent to an activating group) is 1. The number of aromatic nitrogens is 2. The number of rotatable bonds is 5. The highest BCUT2D eigenvalue weighted by Crippen LogP contribution is 2.21. The second kappa shape index (κ2) is 5.98. The smallest absolute Gasteiger partial charge is 0.0951 e. The summed E-state index contributed by atoms with van der Waals surface area (Å²) in [6.07, 6.45) is 3.80. The van der Waals surface area contributed by atoms with Crippen LogP contribution in [0.4, 0.5) is 0 Å². The third-order valence-corrected chi connectivity index (χ3v) is 3.16. The van der Waals surface area contributed by atoms with Gasteiger partial charge in [0.1, 0.15) is 0 Å². The van der Waals surface area contributed by atoms with Crippen molar-refractivity contribution in [1.29, 1.82) is 0 Å². The monoisotopic (exact) mass is 293 g/mol. The molecule has 0 aliphatic carbocycles. The molecule has 4 heteroatoms. The lowest BCUT2D eigenvalue weighted by molar-refractivity contribution is 0.616. The van der Waals surface area contributed by atoms with Gasteiger partial charge < -0.3 is 9.88 Å². The first kappa shape index (κ1) is 12.3. The van der Waals surface area contributed by atoms with E-state index in [4.69, 9.17) is 0 Å². The second-order valence-corrected chi connectivity index (χ2v) is 4.75. The first-order chi connectivity index (χ1) is 8.31. The van der Waals surface area contributed by atoms with Gasteiger partial charge in [-0.1, -0.05) is 35.0 Å². The van der Waals surface area contributed by atoms with E-state index in [1.807, 2.05) is 12.5 Å². The Bertz CT molecular complexity index is 462. The SMILES string of the molecule is CCNCCn1cncc1-c1ccc(Br)cc1. The standard InChI is InChI=1S/C13H16BrN3/c1-2-15-7-8-17-10-16-9-13(17)11-3-5-12(14)6-4-11/h3-6,9-10,15H,2,7-8H2,1H3. The molecule has 0 aliphatic heterocycles. The molecule has 0 saturated carbocycles. The van der Waals surface area contributed by atoms with E-state index in [0.717, 1.165) is 29.8 Å². The molecule has 0 unspecified atom stereocenters. The minimum atomic E-state index is 0.944. The van der Waals surface area contributed by atoms with Crippen molar-refractivity contribution >= 4 is 15.9 Å². The van der Waals surface area contributed by atoms with Crippen molar-refractivity contribution < 1.29 is 0 Å². The molecule has 0 bridgehead atoms. The Balaban J connectivity index is 2.15. The van der Waals surface area contributed by atoms with E-state index < -0.39 is 0 Å². The molecule has 0 radical (unpaired) electrons. The highest BCUT2D eigenvalue weighted by Gasteiger charge is 2.04. The molecule has 17 heavy (non-hydrogen) atoms. The zero-order valence-electron chi connectivity index (χ0n) is 9.86. The molecule has 90 valence electrons. The molecular weight excluding hydrogens is 278 g/mol. The maximum atomic E-state index is 4.22. The molecule has 1 N–H and O–H groups in total. The van der Waals surface area contributed by atoms with Gasteiger partial charge in [0, 0.05) is 17.6 Å². The van der Waals surface area contributed by atoms with Crippen LogP contribution in [0.25, 0.3) is 11.3 Å². The van der Waals surface area contributed by atoms with Crippen LogP contribution in [0, 0.1) is 0 Å². The summed E-state index contributed by atoms with van der Waals surface area (Å²) in [7, 11) is 0. The van der Waals surface area contributed by atoms with E-state index in [9.17, 15) is 0 Å². The topological polar surface area (TPSA) is 29.9 Å². The summed E-state index contributed by atoms with van der Waals surface area (Å²) in [5.74, 6) is 0. The van der Waals surface area contributed by atoms with Gasteiger partial charge in [0.2, 0.25) is 0 Å². The van der Waals surface area contributed by atoms with Gasteiger partial charge in [-0.3, -0.25) is 0 Å². The van der Waals surface area contributed by atoms with E-state index in [0.29, 0.717) is 0 Å². The van der Waals surface area contributed by atoms with E-state index in [-0.39, 0.29) is 0 Å². The van der Waals surface area contributed by atoms with Crippen LogP contribution in [0.1, 0.15) is 6.92 Å². The van der Waals surface area contributed by atoms with Crippen molar-refractivity contribution in [2.45, 2.75) is 13.5 Å². The van der Waals surface area contributed by atoms with Gasteiger partial charge in [-0.15, -0.1) is 0 Å². The molecule has 0 spiro atoms. The van der Waals surface area contributed by atoms with E-state index in [1.54, 1.807) is 0 Å². The van der Waals surface area contributed by atoms with Crippen LogP contribution in [-0.4, -0.2) is 22.6 Å². The van der Waals surface area contributed by atoms with Crippen LogP contribution < -0.4 is 5.32 Å². The molecule has 2 rings (SSSR count). The molecule has 0 saturated heterocycles. The molecule has 2 aromatic rings. The highest BCUT2D eigenvalue weighted by atomic mass is 79.9. The third kappa shape index (κ3) is 3.17. The first-order valence-electron chi connectivity index (χ1n) is 5.78. The lowest BCUT2D eigenvalue weighted by Crippen LogP contribution is -2.19. The molecule has 1 aromatic heterocycles. The predicted octanol–water partition coefficient (Wildman–Crippen LogP) is 2.92. The molecule has 0 amide bonds. The fraction of sp³-hybridized carbons (Fsp3) is 0.308. The zero-order chi connectivity index (χ0) is 12.1. The molecular formula is C13H16BrN3. The predicted molar refractivity (Wildman–Crippen MR) is 73.9 cm³/mol. The molecule has 3 nitrogen and oxygen atoms in total. The fourth-order valence-corrected chi connectivity index (χ4v) is 2.00. The van der Waals surface area contributed by atoms with E-state index in [2.05, 4.69) is 62.0 Å². The summed E-state index contributed by atoms with van der Waals surface area (Å²) < 4.78 is 3.27. The van der Waals surface area contributed by atoms with Gasteiger partial charge in [0.15, 0.2) is 0 Å². The maximum absolute atomic E-state index is 4.22. The molecule has 1 heterocycles. The number of nitrogens with zero attached hydrogens (tertiary/aromatic N) is 2. The van der Waals surface area contributed by atoms with Crippen molar-refractivity contribution in [3.8, 4) is 11.3 Å². The first-order valence-corrected chi connectivity index (χ1v) is 6.57. The van der Waals surface area contributed by atoms with Gasteiger partial charge >= 0.3 is 0 Å². The molecule has 1 aromatic carbocycles. The van der Waals surface area contributed by atoms with Gasteiger partial charge in [0.05, 0.1) is 18.2 Å². The summed E-state index contributed by atoms with van der Waals surface area (Å²) in [4.78, 5) is 4.22. The number of halogens is 1. The van der Waals surface area contributed by atoms with Crippen LogP contribution in [0.15, 0.2) is 41.3 Å². The Morgan fingerprint density at radius 3 is 2.76 bits per heavy atom. The average Bonchev–Trinajstić information content (AvgIpc) is 2.79. The lowest BCUT2D eigenvalue weighted by atomic mass is 10.2. The summed E-state index contributed by atoms with van der Waals surface area (Å²) >= 11 is 3.45. The van der Waals surface area contributed by atoms with Gasteiger partial charge in [0.25, 0.3) is 0 Å². The average molecular weight is 294 g/mol. The van der Waals surface area contributed by atoms with Crippen molar-refractivity contribution in [3.63, 3.8) is 0 Å². The van der Waals surface area contributed by atoms with Crippen LogP contribution in [0.2, 0.25) is 0 Å². The van der Waals surface area contributed by atoms with Crippen molar-refractivity contribution in [2.24, 2.45) is 0 Å². The molecule has 0 atom stereocenters. The van der Waals surface area contributed by atoms with Crippen molar-refractivity contribution in [2.75, 3.05) is 13.1 Å². The minimum Gasteiger partial charge on any atom is -0.329 e. The quantitative estimate of drug-likeness (QED) is 0.859. The Morgan fingerprint density at radius 2 is 2.06 bits per heavy atom. The van der Waals surface area contributed by atoms with Gasteiger partial charge in [-0.25, -0.2) is 4.98 Å². The van der Waals surface area contributed by atoms with Gasteiger partial charge in [-0.2, -0.15) is 0 Å². The number of imidazole rings is 1. The zero-order valence-corrected chi connectivity index (χ0v) is 11.4. The van der Waals surface area contributed by atoms with E-state index >= 15 is 0 Å². The molecule has 0 fully saturated rings. The number of hydrogen-bond acceptors (Lipinski definition) is 2. The number of benzene rings is 1. The van der Waals surface area contributed by atoms with Crippen LogP contribution in [0.5, 0.6) is 0 Å². The lowest BCUT2D eigenvalue weighted by Gasteiger charge is -2.08.